The largest absolute Gasteiger partial charge is 0.370 e. The van der Waals surface area contributed by atoms with E-state index in [-0.39, 0.29) is 0 Å². The Labute approximate surface area is 127 Å². The summed E-state index contributed by atoms with van der Waals surface area (Å²) in [6, 6.07) is 6.53. The van der Waals surface area contributed by atoms with Crippen LogP contribution in [0.25, 0.3) is 11.3 Å². The van der Waals surface area contributed by atoms with E-state index in [0.29, 0.717) is 0 Å². The molecule has 0 amide bonds. The van der Waals surface area contributed by atoms with Crippen LogP contribution in [-0.2, 0) is 6.42 Å². The van der Waals surface area contributed by atoms with Gasteiger partial charge in [-0.2, -0.15) is 0 Å². The predicted molar refractivity (Wildman–Crippen MR) is 89.8 cm³/mol. The van der Waals surface area contributed by atoms with Gasteiger partial charge in [-0.3, -0.25) is 0 Å². The Hall–Kier alpha value is -1.90. The number of rotatable bonds is 5. The van der Waals surface area contributed by atoms with Gasteiger partial charge >= 0.3 is 0 Å². The fourth-order valence-corrected chi connectivity index (χ4v) is 2.49. The minimum atomic E-state index is 0.871. The molecular weight excluding hydrogens is 258 g/mol. The van der Waals surface area contributed by atoms with Crippen molar-refractivity contribution in [2.24, 2.45) is 0 Å². The van der Waals surface area contributed by atoms with Gasteiger partial charge < -0.3 is 5.32 Å². The molecule has 0 spiro atoms. The molecule has 0 aliphatic carbocycles. The molecule has 3 heteroatoms. The third kappa shape index (κ3) is 3.41. The third-order valence-electron chi connectivity index (χ3n) is 3.66. The van der Waals surface area contributed by atoms with Crippen molar-refractivity contribution in [1.82, 2.24) is 9.97 Å². The number of benzene rings is 1. The summed E-state index contributed by atoms with van der Waals surface area (Å²) in [7, 11) is 0. The number of aromatic nitrogens is 2. The van der Waals surface area contributed by atoms with Crippen LogP contribution < -0.4 is 5.32 Å². The van der Waals surface area contributed by atoms with Gasteiger partial charge in [-0.05, 0) is 45.7 Å². The summed E-state index contributed by atoms with van der Waals surface area (Å²) in [6.45, 7) is 11.5. The number of nitrogens with one attached hydrogen (secondary N) is 1. The van der Waals surface area contributed by atoms with Gasteiger partial charge in [0.25, 0.3) is 0 Å². The van der Waals surface area contributed by atoms with Crippen molar-refractivity contribution in [1.29, 1.82) is 0 Å². The van der Waals surface area contributed by atoms with Gasteiger partial charge in [-0.15, -0.1) is 0 Å². The second kappa shape index (κ2) is 6.70. The zero-order valence-corrected chi connectivity index (χ0v) is 13.7. The van der Waals surface area contributed by atoms with Gasteiger partial charge in [-0.25, -0.2) is 9.97 Å². The topological polar surface area (TPSA) is 37.8 Å². The molecule has 2 rings (SSSR count). The highest BCUT2D eigenvalue weighted by molar-refractivity contribution is 5.71. The zero-order chi connectivity index (χ0) is 15.4. The Morgan fingerprint density at radius 1 is 1.05 bits per heavy atom. The summed E-state index contributed by atoms with van der Waals surface area (Å²) in [5.74, 6) is 1.89. The van der Waals surface area contributed by atoms with Crippen LogP contribution in [0.4, 0.5) is 5.82 Å². The van der Waals surface area contributed by atoms with Crippen molar-refractivity contribution in [2.45, 2.75) is 47.5 Å². The molecule has 0 fully saturated rings. The van der Waals surface area contributed by atoms with E-state index in [0.717, 1.165) is 42.3 Å². The van der Waals surface area contributed by atoms with Gasteiger partial charge in [0.05, 0.1) is 5.69 Å². The first-order valence-electron chi connectivity index (χ1n) is 7.75. The molecule has 1 heterocycles. The van der Waals surface area contributed by atoms with Gasteiger partial charge in [-0.1, -0.05) is 24.6 Å². The number of anilines is 1. The first kappa shape index (κ1) is 15.5. The Kier molecular flexibility index (Phi) is 4.94. The second-order valence-corrected chi connectivity index (χ2v) is 5.56. The lowest BCUT2D eigenvalue weighted by atomic mass is 9.99. The molecule has 3 nitrogen and oxygen atoms in total. The molecule has 1 N–H and O–H groups in total. The van der Waals surface area contributed by atoms with Crippen LogP contribution in [-0.4, -0.2) is 16.5 Å². The summed E-state index contributed by atoms with van der Waals surface area (Å²) in [6.07, 6.45) is 1.97. The van der Waals surface area contributed by atoms with Crippen molar-refractivity contribution >= 4 is 5.82 Å². The fraction of sp³-hybridized carbons (Fsp3) is 0.444. The predicted octanol–water partition coefficient (Wildman–Crippen LogP) is 4.45. The quantitative estimate of drug-likeness (QED) is 0.880. The van der Waals surface area contributed by atoms with E-state index in [9.17, 15) is 0 Å². The van der Waals surface area contributed by atoms with Crippen molar-refractivity contribution in [3.05, 3.63) is 40.7 Å². The summed E-state index contributed by atoms with van der Waals surface area (Å²) >= 11 is 0. The Bertz CT molecular complexity index is 633. The van der Waals surface area contributed by atoms with Crippen LogP contribution in [0, 0.1) is 20.8 Å². The van der Waals surface area contributed by atoms with E-state index in [1.54, 1.807) is 0 Å². The molecule has 2 aromatic rings. The molecule has 0 unspecified atom stereocenters. The van der Waals surface area contributed by atoms with Crippen LogP contribution in [0.2, 0.25) is 0 Å². The first-order valence-corrected chi connectivity index (χ1v) is 7.75. The molecule has 0 atom stereocenters. The maximum absolute atomic E-state index is 4.83. The van der Waals surface area contributed by atoms with Gasteiger partial charge in [0.15, 0.2) is 0 Å². The SMILES string of the molecule is CCCc1nc(NCC)c(C)c(-c2cc(C)ccc2C)n1. The molecule has 0 radical (unpaired) electrons. The first-order chi connectivity index (χ1) is 10.1. The normalized spacial score (nSPS) is 10.7. The maximum Gasteiger partial charge on any atom is 0.133 e. The van der Waals surface area contributed by atoms with Crippen LogP contribution in [0.3, 0.4) is 0 Å². The van der Waals surface area contributed by atoms with Gasteiger partial charge in [0, 0.05) is 24.1 Å². The van der Waals surface area contributed by atoms with E-state index in [1.807, 2.05) is 0 Å². The lowest BCUT2D eigenvalue weighted by molar-refractivity contribution is 0.833. The molecule has 0 aliphatic rings. The highest BCUT2D eigenvalue weighted by atomic mass is 15.0. The molecule has 1 aromatic carbocycles. The molecule has 0 saturated heterocycles. The third-order valence-corrected chi connectivity index (χ3v) is 3.66. The summed E-state index contributed by atoms with van der Waals surface area (Å²) in [5, 5.41) is 3.37. The van der Waals surface area contributed by atoms with Crippen LogP contribution in [0.15, 0.2) is 18.2 Å². The van der Waals surface area contributed by atoms with Crippen LogP contribution in [0.5, 0.6) is 0 Å². The lowest BCUT2D eigenvalue weighted by Gasteiger charge is -2.15. The van der Waals surface area contributed by atoms with Crippen molar-refractivity contribution in [2.75, 3.05) is 11.9 Å². The number of hydrogen-bond donors (Lipinski definition) is 1. The number of nitrogens with zero attached hydrogens (tertiary/aromatic N) is 2. The molecule has 1 aromatic heterocycles. The van der Waals surface area contributed by atoms with Crippen LogP contribution in [0.1, 0.15) is 42.8 Å². The van der Waals surface area contributed by atoms with E-state index in [1.165, 1.54) is 16.7 Å². The van der Waals surface area contributed by atoms with Gasteiger partial charge in [0.1, 0.15) is 11.6 Å². The van der Waals surface area contributed by atoms with Crippen LogP contribution >= 0.6 is 0 Å². The van der Waals surface area contributed by atoms with Crippen molar-refractivity contribution < 1.29 is 0 Å². The molecule has 0 bridgehead atoms. The molecule has 0 saturated carbocycles. The van der Waals surface area contributed by atoms with Crippen molar-refractivity contribution in [3.63, 3.8) is 0 Å². The summed E-state index contributed by atoms with van der Waals surface area (Å²) in [5.41, 5.74) is 5.92. The van der Waals surface area contributed by atoms with Crippen molar-refractivity contribution in [3.8, 4) is 11.3 Å². The molecule has 0 aliphatic heterocycles. The minimum Gasteiger partial charge on any atom is -0.370 e. The highest BCUT2D eigenvalue weighted by Crippen LogP contribution is 2.29. The monoisotopic (exact) mass is 283 g/mol. The average Bonchev–Trinajstić information content (AvgIpc) is 2.45. The summed E-state index contributed by atoms with van der Waals surface area (Å²) in [4.78, 5) is 9.49. The maximum atomic E-state index is 4.83. The smallest absolute Gasteiger partial charge is 0.133 e. The average molecular weight is 283 g/mol. The Morgan fingerprint density at radius 3 is 2.48 bits per heavy atom. The molecular formula is C18H25N3. The fourth-order valence-electron chi connectivity index (χ4n) is 2.49. The van der Waals surface area contributed by atoms with E-state index >= 15 is 0 Å². The second-order valence-electron chi connectivity index (χ2n) is 5.56. The van der Waals surface area contributed by atoms with Gasteiger partial charge in [0.2, 0.25) is 0 Å². The number of hydrogen-bond acceptors (Lipinski definition) is 3. The Balaban J connectivity index is 2.62. The molecule has 21 heavy (non-hydrogen) atoms. The highest BCUT2D eigenvalue weighted by Gasteiger charge is 2.13. The van der Waals surface area contributed by atoms with E-state index in [4.69, 9.17) is 4.98 Å². The van der Waals surface area contributed by atoms with E-state index < -0.39 is 0 Å². The standard InChI is InChI=1S/C18H25N3/c1-6-8-16-20-17(14(5)18(21-16)19-7-2)15-11-12(3)9-10-13(15)4/h9-11H,6-8H2,1-5H3,(H,19,20,21). The Morgan fingerprint density at radius 2 is 1.81 bits per heavy atom. The number of aryl methyl sites for hydroxylation is 3. The lowest BCUT2D eigenvalue weighted by Crippen LogP contribution is -2.08. The minimum absolute atomic E-state index is 0.871. The summed E-state index contributed by atoms with van der Waals surface area (Å²) < 4.78 is 0. The molecule has 112 valence electrons. The van der Waals surface area contributed by atoms with E-state index in [2.05, 4.69) is 63.1 Å². The zero-order valence-electron chi connectivity index (χ0n) is 13.7.